The number of amides is 2. The standard InChI is InChI=1S/C19H19ClN2O2S/c20-15-7-3-1-5-13(15)19(24)21-11-9-18(23)22-16-10-12-25-17-8-4-2-6-14(16)17/h1-8,16H,9-12H2,(H,21,24)(H,22,23)/t16-/m0/s1. The summed E-state index contributed by atoms with van der Waals surface area (Å²) in [5.74, 6) is 0.662. The molecule has 0 spiro atoms. The second kappa shape index (κ2) is 8.41. The summed E-state index contributed by atoms with van der Waals surface area (Å²) in [4.78, 5) is 25.5. The molecule has 3 rings (SSSR count). The van der Waals surface area contributed by atoms with Crippen molar-refractivity contribution < 1.29 is 9.59 Å². The number of thioether (sulfide) groups is 1. The molecule has 0 radical (unpaired) electrons. The van der Waals surface area contributed by atoms with Crippen LogP contribution in [0.25, 0.3) is 0 Å². The van der Waals surface area contributed by atoms with Crippen LogP contribution in [0.15, 0.2) is 53.4 Å². The van der Waals surface area contributed by atoms with E-state index in [1.54, 1.807) is 24.3 Å². The van der Waals surface area contributed by atoms with Crippen LogP contribution in [0.3, 0.4) is 0 Å². The number of carbonyl (C=O) groups excluding carboxylic acids is 2. The van der Waals surface area contributed by atoms with E-state index in [0.29, 0.717) is 10.6 Å². The van der Waals surface area contributed by atoms with Crippen LogP contribution < -0.4 is 10.6 Å². The first kappa shape index (κ1) is 17.8. The lowest BCUT2D eigenvalue weighted by Gasteiger charge is -2.25. The molecule has 0 bridgehead atoms. The Morgan fingerprint density at radius 1 is 1.12 bits per heavy atom. The Morgan fingerprint density at radius 2 is 1.88 bits per heavy atom. The first-order chi connectivity index (χ1) is 12.1. The SMILES string of the molecule is O=C(CCNC(=O)c1ccccc1Cl)N[C@H]1CCSc2ccccc21. The van der Waals surface area contributed by atoms with Crippen LogP contribution in [-0.2, 0) is 4.79 Å². The molecule has 1 aliphatic rings. The van der Waals surface area contributed by atoms with E-state index in [4.69, 9.17) is 11.6 Å². The molecular formula is C19H19ClN2O2S. The molecule has 25 heavy (non-hydrogen) atoms. The van der Waals surface area contributed by atoms with E-state index in [1.165, 1.54) is 10.5 Å². The number of fused-ring (bicyclic) bond motifs is 1. The number of rotatable bonds is 5. The maximum atomic E-state index is 12.2. The molecule has 2 N–H and O–H groups in total. The minimum Gasteiger partial charge on any atom is -0.351 e. The average Bonchev–Trinajstić information content (AvgIpc) is 2.62. The zero-order valence-corrected chi connectivity index (χ0v) is 15.2. The van der Waals surface area contributed by atoms with Crippen LogP contribution in [-0.4, -0.2) is 24.1 Å². The molecule has 0 aromatic heterocycles. The normalized spacial score (nSPS) is 16.0. The molecule has 4 nitrogen and oxygen atoms in total. The lowest BCUT2D eigenvalue weighted by atomic mass is 10.0. The number of benzene rings is 2. The third-order valence-corrected chi connectivity index (χ3v) is 5.50. The highest BCUT2D eigenvalue weighted by Crippen LogP contribution is 2.35. The lowest BCUT2D eigenvalue weighted by Crippen LogP contribution is -2.34. The van der Waals surface area contributed by atoms with Crippen molar-refractivity contribution in [2.45, 2.75) is 23.8 Å². The Morgan fingerprint density at radius 3 is 2.72 bits per heavy atom. The van der Waals surface area contributed by atoms with Gasteiger partial charge in [0.15, 0.2) is 0 Å². The number of nitrogens with one attached hydrogen (secondary N) is 2. The first-order valence-corrected chi connectivity index (χ1v) is 9.55. The van der Waals surface area contributed by atoms with Gasteiger partial charge in [-0.25, -0.2) is 0 Å². The van der Waals surface area contributed by atoms with Gasteiger partial charge in [0.1, 0.15) is 0 Å². The van der Waals surface area contributed by atoms with Crippen LogP contribution in [0, 0.1) is 0 Å². The van der Waals surface area contributed by atoms with Gasteiger partial charge in [0.25, 0.3) is 5.91 Å². The summed E-state index contributed by atoms with van der Waals surface area (Å²) >= 11 is 7.81. The second-order valence-electron chi connectivity index (χ2n) is 5.78. The van der Waals surface area contributed by atoms with E-state index in [0.717, 1.165) is 12.2 Å². The Bertz CT molecular complexity index is 782. The smallest absolute Gasteiger partial charge is 0.252 e. The molecule has 2 aromatic rings. The molecule has 2 amide bonds. The summed E-state index contributed by atoms with van der Waals surface area (Å²) in [5.41, 5.74) is 1.59. The summed E-state index contributed by atoms with van der Waals surface area (Å²) in [7, 11) is 0. The Hall–Kier alpha value is -1.98. The van der Waals surface area contributed by atoms with E-state index >= 15 is 0 Å². The van der Waals surface area contributed by atoms with Crippen molar-refractivity contribution in [1.82, 2.24) is 10.6 Å². The Kier molecular flexibility index (Phi) is 6.00. The summed E-state index contributed by atoms with van der Waals surface area (Å²) < 4.78 is 0. The molecule has 6 heteroatoms. The monoisotopic (exact) mass is 374 g/mol. The quantitative estimate of drug-likeness (QED) is 0.836. The fraction of sp³-hybridized carbons (Fsp3) is 0.263. The van der Waals surface area contributed by atoms with Gasteiger partial charge in [-0.3, -0.25) is 9.59 Å². The van der Waals surface area contributed by atoms with E-state index in [9.17, 15) is 9.59 Å². The summed E-state index contributed by atoms with van der Waals surface area (Å²) in [6.07, 6.45) is 1.15. The van der Waals surface area contributed by atoms with Gasteiger partial charge in [-0.1, -0.05) is 41.9 Å². The molecule has 0 aliphatic carbocycles. The van der Waals surface area contributed by atoms with Crippen LogP contribution >= 0.6 is 23.4 Å². The van der Waals surface area contributed by atoms with Gasteiger partial charge in [0.05, 0.1) is 16.6 Å². The minimum absolute atomic E-state index is 0.0456. The number of hydrogen-bond donors (Lipinski definition) is 2. The molecule has 2 aromatic carbocycles. The number of halogens is 1. The van der Waals surface area contributed by atoms with Crippen molar-refractivity contribution in [3.63, 3.8) is 0 Å². The van der Waals surface area contributed by atoms with E-state index in [1.807, 2.05) is 23.9 Å². The van der Waals surface area contributed by atoms with Gasteiger partial charge < -0.3 is 10.6 Å². The number of carbonyl (C=O) groups is 2. The predicted molar refractivity (Wildman–Crippen MR) is 101 cm³/mol. The van der Waals surface area contributed by atoms with Gasteiger partial charge >= 0.3 is 0 Å². The first-order valence-electron chi connectivity index (χ1n) is 8.19. The molecular weight excluding hydrogens is 356 g/mol. The van der Waals surface area contributed by atoms with E-state index in [-0.39, 0.29) is 30.8 Å². The molecule has 130 valence electrons. The zero-order valence-electron chi connectivity index (χ0n) is 13.6. The molecule has 1 atom stereocenters. The molecule has 0 unspecified atom stereocenters. The maximum Gasteiger partial charge on any atom is 0.252 e. The fourth-order valence-electron chi connectivity index (χ4n) is 2.79. The van der Waals surface area contributed by atoms with Crippen molar-refractivity contribution >= 4 is 35.2 Å². The fourth-order valence-corrected chi connectivity index (χ4v) is 4.14. The van der Waals surface area contributed by atoms with Gasteiger partial charge in [-0.2, -0.15) is 0 Å². The molecule has 1 heterocycles. The van der Waals surface area contributed by atoms with Crippen molar-refractivity contribution in [3.05, 3.63) is 64.7 Å². The highest BCUT2D eigenvalue weighted by molar-refractivity contribution is 7.99. The lowest BCUT2D eigenvalue weighted by molar-refractivity contribution is -0.121. The predicted octanol–water partition coefficient (Wildman–Crippen LogP) is 3.81. The highest BCUT2D eigenvalue weighted by atomic mass is 35.5. The molecule has 0 saturated heterocycles. The zero-order chi connectivity index (χ0) is 17.6. The number of hydrogen-bond acceptors (Lipinski definition) is 3. The van der Waals surface area contributed by atoms with Crippen LogP contribution in [0.5, 0.6) is 0 Å². The Labute approximate surface area is 156 Å². The van der Waals surface area contributed by atoms with Gasteiger partial charge in [-0.05, 0) is 30.2 Å². The molecule has 1 aliphatic heterocycles. The van der Waals surface area contributed by atoms with E-state index in [2.05, 4.69) is 22.8 Å². The van der Waals surface area contributed by atoms with Crippen LogP contribution in [0.2, 0.25) is 5.02 Å². The third kappa shape index (κ3) is 4.55. The topological polar surface area (TPSA) is 58.2 Å². The van der Waals surface area contributed by atoms with Gasteiger partial charge in [0.2, 0.25) is 5.91 Å². The van der Waals surface area contributed by atoms with Crippen LogP contribution in [0.1, 0.15) is 34.8 Å². The van der Waals surface area contributed by atoms with Crippen LogP contribution in [0.4, 0.5) is 0 Å². The van der Waals surface area contributed by atoms with Gasteiger partial charge in [-0.15, -0.1) is 11.8 Å². The average molecular weight is 375 g/mol. The summed E-state index contributed by atoms with van der Waals surface area (Å²) in [6, 6.07) is 15.1. The van der Waals surface area contributed by atoms with E-state index < -0.39 is 0 Å². The largest absolute Gasteiger partial charge is 0.351 e. The van der Waals surface area contributed by atoms with Crippen molar-refractivity contribution in [1.29, 1.82) is 0 Å². The van der Waals surface area contributed by atoms with Crippen molar-refractivity contribution in [2.24, 2.45) is 0 Å². The third-order valence-electron chi connectivity index (χ3n) is 4.05. The summed E-state index contributed by atoms with van der Waals surface area (Å²) in [6.45, 7) is 0.277. The highest BCUT2D eigenvalue weighted by Gasteiger charge is 2.21. The van der Waals surface area contributed by atoms with Gasteiger partial charge in [0, 0.05) is 23.6 Å². The Balaban J connectivity index is 1.49. The minimum atomic E-state index is -0.266. The second-order valence-corrected chi connectivity index (χ2v) is 7.32. The van der Waals surface area contributed by atoms with Crippen molar-refractivity contribution in [2.75, 3.05) is 12.3 Å². The maximum absolute atomic E-state index is 12.2. The summed E-state index contributed by atoms with van der Waals surface area (Å²) in [5, 5.41) is 6.21. The molecule has 0 fully saturated rings. The van der Waals surface area contributed by atoms with Crippen molar-refractivity contribution in [3.8, 4) is 0 Å². The molecule has 0 saturated carbocycles.